The van der Waals surface area contributed by atoms with E-state index in [9.17, 15) is 0 Å². The molecule has 7 saturated heterocycles. The molecule has 7 aliphatic carbocycles. The summed E-state index contributed by atoms with van der Waals surface area (Å²) in [5, 5.41) is 0. The van der Waals surface area contributed by atoms with Crippen molar-refractivity contribution < 1.29 is 0 Å². The lowest BCUT2D eigenvalue weighted by molar-refractivity contribution is 0.192. The lowest BCUT2D eigenvalue weighted by Gasteiger charge is -2.30. The molecule has 0 spiro atoms. The molecular weight excluding hydrogens is 1050 g/mol. The van der Waals surface area contributed by atoms with Gasteiger partial charge in [0.15, 0.2) is 0 Å². The Labute approximate surface area is 532 Å². The zero-order chi connectivity index (χ0) is 61.3. The SMILES string of the molecule is CC1C2CCCC2CN1C.CC1C2CCCCC2CN1C.CC1CC2CC=CC2N1C.CC1CC2CCC=CC2N1C.CC1CC2CCCC2N1C.CC1CC2CCCCC2N1C.CC1CC2CCCCCC2N1C.CC1Cc2ccccc2N1C. The van der Waals surface area contributed by atoms with Gasteiger partial charge in [-0.25, -0.2) is 0 Å². The van der Waals surface area contributed by atoms with Gasteiger partial charge in [-0.3, -0.25) is 9.80 Å². The van der Waals surface area contributed by atoms with E-state index in [2.05, 4.69) is 200 Å². The Bertz CT molecular complexity index is 2140. The lowest BCUT2D eigenvalue weighted by Crippen LogP contribution is -2.34. The van der Waals surface area contributed by atoms with E-state index >= 15 is 0 Å². The maximum atomic E-state index is 2.62. The zero-order valence-electron chi connectivity index (χ0n) is 59.1. The van der Waals surface area contributed by atoms with Gasteiger partial charge in [-0.15, -0.1) is 0 Å². The summed E-state index contributed by atoms with van der Waals surface area (Å²) in [5.74, 6) is 9.22. The highest BCUT2D eigenvalue weighted by Crippen LogP contribution is 2.44. The van der Waals surface area contributed by atoms with Crippen molar-refractivity contribution >= 4 is 5.69 Å². The Hall–Kier alpha value is -1.78. The van der Waals surface area contributed by atoms with Gasteiger partial charge in [-0.1, -0.05) is 100 Å². The van der Waals surface area contributed by atoms with E-state index in [1.165, 1.54) is 204 Å². The van der Waals surface area contributed by atoms with Crippen LogP contribution in [0.4, 0.5) is 5.69 Å². The minimum atomic E-state index is 0.674. The van der Waals surface area contributed by atoms with Crippen LogP contribution in [-0.4, -0.2) is 182 Å². The molecule has 5 saturated carbocycles. The summed E-state index contributed by atoms with van der Waals surface area (Å²) in [6.07, 6.45) is 50.1. The Kier molecular flexibility index (Phi) is 25.7. The van der Waals surface area contributed by atoms with Crippen LogP contribution in [0.1, 0.15) is 234 Å². The van der Waals surface area contributed by atoms with Gasteiger partial charge in [-0.2, -0.15) is 0 Å². The molecule has 1 aromatic rings. The number of anilines is 1. The fourth-order valence-electron chi connectivity index (χ4n) is 21.1. The van der Waals surface area contributed by atoms with Crippen LogP contribution in [0.2, 0.25) is 0 Å². The molecule has 22 atom stereocenters. The van der Waals surface area contributed by atoms with Gasteiger partial charge < -0.3 is 29.4 Å². The number of fused-ring (bicyclic) bond motifs is 8. The van der Waals surface area contributed by atoms with Gasteiger partial charge in [0.05, 0.1) is 0 Å². The van der Waals surface area contributed by atoms with Crippen LogP contribution >= 0.6 is 0 Å². The fourth-order valence-corrected chi connectivity index (χ4v) is 21.1. The third-order valence-corrected chi connectivity index (χ3v) is 27.5. The second kappa shape index (κ2) is 32.2. The molecule has 15 aliphatic rings. The second-order valence-electron chi connectivity index (χ2n) is 32.5. The topological polar surface area (TPSA) is 25.9 Å². The van der Waals surface area contributed by atoms with E-state index < -0.39 is 0 Å². The van der Waals surface area contributed by atoms with Gasteiger partial charge in [0.25, 0.3) is 0 Å². The number of hydrogen-bond donors (Lipinski definition) is 0. The normalized spacial score (nSPS) is 42.9. The fraction of sp³-hybridized carbons (Fsp3) is 0.872. The van der Waals surface area contributed by atoms with Crippen molar-refractivity contribution in [1.82, 2.24) is 34.3 Å². The molecule has 22 unspecified atom stereocenters. The number of likely N-dealkylation sites (N-methyl/N-ethyl adjacent to an activating group) is 3. The van der Waals surface area contributed by atoms with Gasteiger partial charge in [-0.05, 0) is 292 Å². The third kappa shape index (κ3) is 16.7. The number of para-hydroxylation sites is 1. The van der Waals surface area contributed by atoms with Crippen molar-refractivity contribution in [3.63, 3.8) is 0 Å². The predicted octanol–water partition coefficient (Wildman–Crippen LogP) is 16.4. The number of nitrogens with zero attached hydrogens (tertiary/aromatic N) is 8. The Morgan fingerprint density at radius 2 is 0.744 bits per heavy atom. The summed E-state index contributed by atoms with van der Waals surface area (Å²) in [6, 6.07) is 19.6. The summed E-state index contributed by atoms with van der Waals surface area (Å²) < 4.78 is 0. The van der Waals surface area contributed by atoms with Crippen LogP contribution in [0, 0.1) is 53.3 Å². The molecule has 1 aromatic carbocycles. The maximum Gasteiger partial charge on any atom is 0.0399 e. The van der Waals surface area contributed by atoms with Gasteiger partial charge in [0, 0.05) is 104 Å². The van der Waals surface area contributed by atoms with E-state index in [1.807, 2.05) is 0 Å². The highest BCUT2D eigenvalue weighted by Gasteiger charge is 2.43. The Morgan fingerprint density at radius 3 is 1.28 bits per heavy atom. The van der Waals surface area contributed by atoms with E-state index in [0.717, 1.165) is 126 Å². The first kappa shape index (κ1) is 68.6. The van der Waals surface area contributed by atoms with Gasteiger partial charge >= 0.3 is 0 Å². The highest BCUT2D eigenvalue weighted by atomic mass is 15.2. The van der Waals surface area contributed by atoms with Crippen molar-refractivity contribution in [3.8, 4) is 0 Å². The number of rotatable bonds is 0. The summed E-state index contributed by atoms with van der Waals surface area (Å²) in [5.41, 5.74) is 2.89. The highest BCUT2D eigenvalue weighted by molar-refractivity contribution is 5.58. The molecular formula is C78H138N8. The third-order valence-electron chi connectivity index (χ3n) is 27.5. The lowest BCUT2D eigenvalue weighted by atomic mass is 9.79. The number of hydrogen-bond acceptors (Lipinski definition) is 8. The van der Waals surface area contributed by atoms with E-state index in [-0.39, 0.29) is 0 Å². The molecule has 0 bridgehead atoms. The van der Waals surface area contributed by atoms with Crippen molar-refractivity contribution in [1.29, 1.82) is 0 Å². The van der Waals surface area contributed by atoms with Crippen molar-refractivity contribution in [2.45, 2.75) is 314 Å². The Balaban J connectivity index is 0.000000117. The second-order valence-corrected chi connectivity index (χ2v) is 32.5. The quantitative estimate of drug-likeness (QED) is 0.237. The van der Waals surface area contributed by atoms with Crippen LogP contribution in [-0.2, 0) is 6.42 Å². The van der Waals surface area contributed by atoms with Crippen LogP contribution in [0.15, 0.2) is 48.6 Å². The first-order valence-corrected chi connectivity index (χ1v) is 37.4. The first-order chi connectivity index (χ1) is 41.3. The molecule has 490 valence electrons. The number of benzene rings is 1. The van der Waals surface area contributed by atoms with E-state index in [0.29, 0.717) is 6.04 Å². The molecule has 0 aromatic heterocycles. The maximum absolute atomic E-state index is 2.62. The molecule has 16 rings (SSSR count). The predicted molar refractivity (Wildman–Crippen MR) is 372 cm³/mol. The van der Waals surface area contributed by atoms with E-state index in [1.54, 1.807) is 0 Å². The van der Waals surface area contributed by atoms with Crippen molar-refractivity contribution in [2.75, 3.05) is 74.4 Å². The van der Waals surface area contributed by atoms with Crippen LogP contribution in [0.3, 0.4) is 0 Å². The van der Waals surface area contributed by atoms with Gasteiger partial charge in [0.2, 0.25) is 0 Å². The molecule has 8 heterocycles. The standard InChI is InChI=1S/C11H21N.2C10H19N.C10H17N.C10H13N.2C9H17N.C9H15N/c1-9-8-10-6-4-3-5-7-11(10)12(9)2;1-8-10-6-4-3-5-9(10)7-11(8)2;3*1-8-7-9-5-3-4-6-10(9)11(8)2;1-7-9-5-3-4-8(9)6-10(7)2;2*1-7-6-8-4-3-5-9(8)10(7)2/h9-11H,3-8H2,1-2H3;2*8-10H,3-7H2,1-2H3;4,6,8-10H,3,5,7H2,1-2H3;3-6,8H,7H2,1-2H3;2*7-9H,3-6H2,1-2H3;3,5,7-9H,4,6H2,1-2H3. The molecule has 0 amide bonds. The minimum Gasteiger partial charge on any atom is -0.371 e. The largest absolute Gasteiger partial charge is 0.371 e. The molecule has 12 fully saturated rings. The monoisotopic (exact) mass is 1190 g/mol. The van der Waals surface area contributed by atoms with Crippen molar-refractivity contribution in [2.24, 2.45) is 53.3 Å². The molecule has 8 heteroatoms. The van der Waals surface area contributed by atoms with E-state index in [4.69, 9.17) is 0 Å². The number of likely N-dealkylation sites (tertiary alicyclic amines) is 7. The molecule has 0 N–H and O–H groups in total. The number of allylic oxidation sites excluding steroid dienone is 2. The summed E-state index contributed by atoms with van der Waals surface area (Å²) in [4.78, 5) is 20.2. The van der Waals surface area contributed by atoms with Crippen LogP contribution in [0.5, 0.6) is 0 Å². The minimum absolute atomic E-state index is 0.674. The van der Waals surface area contributed by atoms with Crippen molar-refractivity contribution in [3.05, 3.63) is 54.1 Å². The first-order valence-electron chi connectivity index (χ1n) is 37.4. The van der Waals surface area contributed by atoms with Crippen LogP contribution < -0.4 is 4.90 Å². The molecule has 86 heavy (non-hydrogen) atoms. The van der Waals surface area contributed by atoms with Crippen LogP contribution in [0.25, 0.3) is 0 Å². The summed E-state index contributed by atoms with van der Waals surface area (Å²) in [6.45, 7) is 21.6. The summed E-state index contributed by atoms with van der Waals surface area (Å²) in [7, 11) is 18.1. The smallest absolute Gasteiger partial charge is 0.0399 e. The zero-order valence-corrected chi connectivity index (χ0v) is 59.1. The Morgan fingerprint density at radius 1 is 0.349 bits per heavy atom. The molecule has 8 nitrogen and oxygen atoms in total. The average Bonchev–Trinajstić information content (AvgIpc) is 4.64. The average molecular weight is 1190 g/mol. The van der Waals surface area contributed by atoms with Gasteiger partial charge in [0.1, 0.15) is 0 Å². The summed E-state index contributed by atoms with van der Waals surface area (Å²) >= 11 is 0. The molecule has 8 aliphatic heterocycles. The molecule has 0 radical (unpaired) electrons.